The molecule has 2 aliphatic rings. The summed E-state index contributed by atoms with van der Waals surface area (Å²) >= 11 is 0. The average molecular weight is 381 g/mol. The summed E-state index contributed by atoms with van der Waals surface area (Å²) in [6.07, 6.45) is 5.41. The Balaban J connectivity index is 0.00000243. The molecule has 1 aliphatic carbocycles. The van der Waals surface area contributed by atoms with Crippen molar-refractivity contribution >= 4 is 24.3 Å². The van der Waals surface area contributed by atoms with E-state index in [1.807, 2.05) is 30.3 Å². The van der Waals surface area contributed by atoms with Crippen molar-refractivity contribution < 1.29 is 9.59 Å². The molecular weight excluding hydrogens is 352 g/mol. The maximum atomic E-state index is 12.9. The first kappa shape index (κ1) is 20.5. The minimum absolute atomic E-state index is 0. The second kappa shape index (κ2) is 9.78. The molecule has 1 saturated heterocycles. The van der Waals surface area contributed by atoms with Crippen molar-refractivity contribution in [3.05, 3.63) is 35.9 Å². The molecule has 144 valence electrons. The molecule has 1 aliphatic heterocycles. The number of carbonyl (C=O) groups is 2. The molecule has 1 aromatic carbocycles. The second-order valence-corrected chi connectivity index (χ2v) is 7.10. The van der Waals surface area contributed by atoms with Gasteiger partial charge in [-0.15, -0.1) is 12.4 Å². The molecule has 1 saturated carbocycles. The van der Waals surface area contributed by atoms with Crippen LogP contribution in [0.15, 0.2) is 30.3 Å². The maximum Gasteiger partial charge on any atom is 0.315 e. The Morgan fingerprint density at radius 3 is 2.50 bits per heavy atom. The lowest BCUT2D eigenvalue weighted by atomic mass is 9.95. The molecule has 6 nitrogen and oxygen atoms in total. The zero-order chi connectivity index (χ0) is 17.5. The van der Waals surface area contributed by atoms with Gasteiger partial charge in [-0.25, -0.2) is 4.79 Å². The average Bonchev–Trinajstić information content (AvgIpc) is 3.11. The normalized spacial score (nSPS) is 21.3. The number of halogens is 1. The van der Waals surface area contributed by atoms with E-state index in [1.165, 1.54) is 0 Å². The molecular formula is C19H29ClN4O2. The third-order valence-corrected chi connectivity index (χ3v) is 5.17. The molecule has 0 radical (unpaired) electrons. The van der Waals surface area contributed by atoms with Crippen LogP contribution in [0.5, 0.6) is 0 Å². The maximum absolute atomic E-state index is 12.9. The lowest BCUT2D eigenvalue weighted by Crippen LogP contribution is -2.61. The second-order valence-electron chi connectivity index (χ2n) is 7.10. The number of hydrogen-bond donors (Lipinski definition) is 4. The zero-order valence-electron chi connectivity index (χ0n) is 15.1. The molecule has 1 aromatic rings. The number of benzene rings is 1. The van der Waals surface area contributed by atoms with Crippen molar-refractivity contribution in [1.29, 1.82) is 0 Å². The number of nitrogens with one attached hydrogen (secondary N) is 4. The Labute approximate surface area is 161 Å². The van der Waals surface area contributed by atoms with Gasteiger partial charge < -0.3 is 21.3 Å². The number of carbonyl (C=O) groups excluding carboxylic acids is 2. The fourth-order valence-electron chi connectivity index (χ4n) is 3.73. The van der Waals surface area contributed by atoms with Gasteiger partial charge in [0.1, 0.15) is 5.54 Å². The summed E-state index contributed by atoms with van der Waals surface area (Å²) in [5, 5.41) is 12.3. The molecule has 4 N–H and O–H groups in total. The third-order valence-electron chi connectivity index (χ3n) is 5.17. The predicted molar refractivity (Wildman–Crippen MR) is 104 cm³/mol. The van der Waals surface area contributed by atoms with Gasteiger partial charge in [0.15, 0.2) is 0 Å². The van der Waals surface area contributed by atoms with E-state index >= 15 is 0 Å². The molecule has 0 aromatic heterocycles. The van der Waals surface area contributed by atoms with E-state index in [2.05, 4.69) is 21.3 Å². The monoisotopic (exact) mass is 380 g/mol. The smallest absolute Gasteiger partial charge is 0.315 e. The first-order chi connectivity index (χ1) is 12.2. The van der Waals surface area contributed by atoms with Crippen LogP contribution in [0.1, 0.15) is 44.1 Å². The largest absolute Gasteiger partial charge is 0.350 e. The quantitative estimate of drug-likeness (QED) is 0.631. The highest BCUT2D eigenvalue weighted by atomic mass is 35.5. The summed E-state index contributed by atoms with van der Waals surface area (Å²) in [4.78, 5) is 25.2. The summed E-state index contributed by atoms with van der Waals surface area (Å²) in [6, 6.07) is 9.65. The fraction of sp³-hybridized carbons (Fsp3) is 0.579. The van der Waals surface area contributed by atoms with Crippen LogP contribution >= 0.6 is 12.4 Å². The molecule has 1 heterocycles. The fourth-order valence-corrected chi connectivity index (χ4v) is 3.73. The van der Waals surface area contributed by atoms with Gasteiger partial charge in [-0.05, 0) is 37.8 Å². The summed E-state index contributed by atoms with van der Waals surface area (Å²) in [7, 11) is 0. The Bertz CT molecular complexity index is 584. The van der Waals surface area contributed by atoms with Crippen LogP contribution in [-0.2, 0) is 11.3 Å². The molecule has 0 bridgehead atoms. The molecule has 3 amide bonds. The van der Waals surface area contributed by atoms with Gasteiger partial charge in [0, 0.05) is 19.1 Å². The van der Waals surface area contributed by atoms with Crippen molar-refractivity contribution in [2.45, 2.75) is 56.7 Å². The number of rotatable bonds is 5. The van der Waals surface area contributed by atoms with Crippen LogP contribution in [0.3, 0.4) is 0 Å². The first-order valence-corrected chi connectivity index (χ1v) is 9.30. The van der Waals surface area contributed by atoms with Crippen LogP contribution < -0.4 is 21.3 Å². The van der Waals surface area contributed by atoms with Gasteiger partial charge in [-0.1, -0.05) is 43.2 Å². The van der Waals surface area contributed by atoms with E-state index in [-0.39, 0.29) is 30.4 Å². The van der Waals surface area contributed by atoms with E-state index in [0.717, 1.165) is 44.3 Å². The minimum atomic E-state index is -0.766. The molecule has 7 heteroatoms. The first-order valence-electron chi connectivity index (χ1n) is 9.30. The zero-order valence-corrected chi connectivity index (χ0v) is 15.9. The van der Waals surface area contributed by atoms with E-state index in [1.54, 1.807) is 0 Å². The molecule has 1 unspecified atom stereocenters. The summed E-state index contributed by atoms with van der Waals surface area (Å²) in [6.45, 7) is 2.27. The van der Waals surface area contributed by atoms with Crippen LogP contribution in [-0.4, -0.2) is 36.6 Å². The van der Waals surface area contributed by atoms with E-state index in [9.17, 15) is 9.59 Å². The number of hydrogen-bond acceptors (Lipinski definition) is 3. The van der Waals surface area contributed by atoms with Gasteiger partial charge in [-0.3, -0.25) is 4.79 Å². The lowest BCUT2D eigenvalue weighted by molar-refractivity contribution is -0.128. The van der Waals surface area contributed by atoms with Gasteiger partial charge >= 0.3 is 6.03 Å². The van der Waals surface area contributed by atoms with Crippen molar-refractivity contribution in [2.75, 3.05) is 13.1 Å². The Morgan fingerprint density at radius 2 is 1.85 bits per heavy atom. The predicted octanol–water partition coefficient (Wildman–Crippen LogP) is 2.09. The topological polar surface area (TPSA) is 82.3 Å². The standard InChI is InChI=1S/C19H28N4O2.ClH/c24-17(22-16-9-6-12-20-14-16)19(10-4-5-11-19)23-18(25)21-13-15-7-2-1-3-8-15;/h1-3,7-8,16,20H,4-6,9-14H2,(H,22,24)(H2,21,23,25);1H. The van der Waals surface area contributed by atoms with Crippen LogP contribution in [0.4, 0.5) is 4.79 Å². The lowest BCUT2D eigenvalue weighted by Gasteiger charge is -2.32. The van der Waals surface area contributed by atoms with Crippen molar-refractivity contribution in [3.63, 3.8) is 0 Å². The molecule has 0 spiro atoms. The Morgan fingerprint density at radius 1 is 1.12 bits per heavy atom. The van der Waals surface area contributed by atoms with Crippen molar-refractivity contribution in [2.24, 2.45) is 0 Å². The molecule has 1 atom stereocenters. The summed E-state index contributed by atoms with van der Waals surface area (Å²) in [5.74, 6) is -0.0337. The SMILES string of the molecule is Cl.O=C(NCc1ccccc1)NC1(C(=O)NC2CCCNC2)CCCC1. The number of piperidine rings is 1. The molecule has 3 rings (SSSR count). The number of urea groups is 1. The van der Waals surface area contributed by atoms with Gasteiger partial charge in [-0.2, -0.15) is 0 Å². The van der Waals surface area contributed by atoms with Crippen LogP contribution in [0.25, 0.3) is 0 Å². The van der Waals surface area contributed by atoms with Crippen LogP contribution in [0.2, 0.25) is 0 Å². The van der Waals surface area contributed by atoms with E-state index < -0.39 is 5.54 Å². The van der Waals surface area contributed by atoms with Crippen LogP contribution in [0, 0.1) is 0 Å². The van der Waals surface area contributed by atoms with Gasteiger partial charge in [0.25, 0.3) is 0 Å². The van der Waals surface area contributed by atoms with Crippen molar-refractivity contribution in [1.82, 2.24) is 21.3 Å². The molecule has 2 fully saturated rings. The van der Waals surface area contributed by atoms with E-state index in [0.29, 0.717) is 19.4 Å². The van der Waals surface area contributed by atoms with Gasteiger partial charge in [0.2, 0.25) is 5.91 Å². The summed E-state index contributed by atoms with van der Waals surface area (Å²) in [5.41, 5.74) is 0.272. The van der Waals surface area contributed by atoms with Gasteiger partial charge in [0.05, 0.1) is 0 Å². The third kappa shape index (κ3) is 5.35. The Kier molecular flexibility index (Phi) is 7.72. The molecule has 26 heavy (non-hydrogen) atoms. The highest BCUT2D eigenvalue weighted by molar-refractivity contribution is 5.91. The highest BCUT2D eigenvalue weighted by Gasteiger charge is 2.43. The summed E-state index contributed by atoms with van der Waals surface area (Å²) < 4.78 is 0. The Hall–Kier alpha value is -1.79. The number of amides is 3. The van der Waals surface area contributed by atoms with E-state index in [4.69, 9.17) is 0 Å². The minimum Gasteiger partial charge on any atom is -0.350 e. The van der Waals surface area contributed by atoms with Crippen molar-refractivity contribution in [3.8, 4) is 0 Å². The highest BCUT2D eigenvalue weighted by Crippen LogP contribution is 2.30.